The lowest BCUT2D eigenvalue weighted by atomic mass is 10.1. The molecule has 0 fully saturated rings. The Balaban J connectivity index is 1.84. The Bertz CT molecular complexity index is 914. The molecular weight excluding hydrogens is 394 g/mol. The maximum absolute atomic E-state index is 6.30. The molecule has 26 heavy (non-hydrogen) atoms. The van der Waals surface area contributed by atoms with Gasteiger partial charge in [-0.25, -0.2) is 0 Å². The van der Waals surface area contributed by atoms with Gasteiger partial charge < -0.3 is 16.4 Å². The van der Waals surface area contributed by atoms with Gasteiger partial charge in [0.1, 0.15) is 5.82 Å². The van der Waals surface area contributed by atoms with Crippen molar-refractivity contribution < 1.29 is 0 Å². The maximum Gasteiger partial charge on any atom is 0.226 e. The minimum Gasteiger partial charge on any atom is -0.365 e. The Hall–Kier alpha value is -2.19. The molecule has 4 N–H and O–H groups in total. The van der Waals surface area contributed by atoms with Crippen LogP contribution in [0, 0.1) is 0 Å². The summed E-state index contributed by atoms with van der Waals surface area (Å²) in [7, 11) is 1.87. The summed E-state index contributed by atoms with van der Waals surface area (Å²) in [6.45, 7) is 6.80. The van der Waals surface area contributed by atoms with Crippen LogP contribution in [0.5, 0.6) is 0 Å². The van der Waals surface area contributed by atoms with Crippen LogP contribution in [0.15, 0.2) is 34.9 Å². The SMILES string of the molecule is Cn1ncc2c(NC(C)(C)C)nc(NCC(N)c3cccc(Br)c3)nc21. The lowest BCUT2D eigenvalue weighted by Crippen LogP contribution is -2.27. The molecule has 0 bridgehead atoms. The summed E-state index contributed by atoms with van der Waals surface area (Å²) in [6.07, 6.45) is 1.78. The van der Waals surface area contributed by atoms with Crippen molar-refractivity contribution in [1.82, 2.24) is 19.7 Å². The second-order valence-electron chi connectivity index (χ2n) is 7.32. The van der Waals surface area contributed by atoms with Crippen LogP contribution in [0.4, 0.5) is 11.8 Å². The van der Waals surface area contributed by atoms with Crippen molar-refractivity contribution in [3.63, 3.8) is 0 Å². The normalized spacial score (nSPS) is 13.0. The first-order chi connectivity index (χ1) is 12.2. The van der Waals surface area contributed by atoms with E-state index >= 15 is 0 Å². The van der Waals surface area contributed by atoms with Gasteiger partial charge in [-0.05, 0) is 38.5 Å². The zero-order chi connectivity index (χ0) is 18.9. The molecule has 138 valence electrons. The van der Waals surface area contributed by atoms with E-state index in [4.69, 9.17) is 5.73 Å². The number of hydrogen-bond acceptors (Lipinski definition) is 6. The van der Waals surface area contributed by atoms with E-state index in [-0.39, 0.29) is 11.6 Å². The van der Waals surface area contributed by atoms with E-state index in [0.717, 1.165) is 26.9 Å². The number of aryl methyl sites for hydroxylation is 1. The van der Waals surface area contributed by atoms with Crippen molar-refractivity contribution in [3.8, 4) is 0 Å². The second-order valence-corrected chi connectivity index (χ2v) is 8.23. The number of nitrogens with one attached hydrogen (secondary N) is 2. The lowest BCUT2D eigenvalue weighted by Gasteiger charge is -2.22. The molecule has 8 heteroatoms. The highest BCUT2D eigenvalue weighted by Gasteiger charge is 2.17. The van der Waals surface area contributed by atoms with E-state index in [1.807, 2.05) is 31.3 Å². The number of anilines is 2. The largest absolute Gasteiger partial charge is 0.365 e. The lowest BCUT2D eigenvalue weighted by molar-refractivity contribution is 0.631. The maximum atomic E-state index is 6.30. The summed E-state index contributed by atoms with van der Waals surface area (Å²) in [5, 5.41) is 11.9. The van der Waals surface area contributed by atoms with Crippen molar-refractivity contribution in [1.29, 1.82) is 0 Å². The van der Waals surface area contributed by atoms with Crippen LogP contribution in [-0.2, 0) is 7.05 Å². The third-order valence-corrected chi connectivity index (χ3v) is 4.34. The zero-order valence-corrected chi connectivity index (χ0v) is 17.0. The molecule has 0 aliphatic rings. The molecule has 1 atom stereocenters. The molecule has 7 nitrogen and oxygen atoms in total. The minimum atomic E-state index is -0.169. The average molecular weight is 418 g/mol. The Labute approximate surface area is 161 Å². The van der Waals surface area contributed by atoms with Gasteiger partial charge in [0, 0.05) is 29.6 Å². The Morgan fingerprint density at radius 3 is 2.73 bits per heavy atom. The summed E-state index contributed by atoms with van der Waals surface area (Å²) < 4.78 is 2.75. The summed E-state index contributed by atoms with van der Waals surface area (Å²) in [6, 6.07) is 7.81. The van der Waals surface area contributed by atoms with Crippen LogP contribution in [0.3, 0.4) is 0 Å². The van der Waals surface area contributed by atoms with Gasteiger partial charge in [0.05, 0.1) is 11.6 Å². The molecule has 1 aromatic carbocycles. The van der Waals surface area contributed by atoms with Crippen LogP contribution < -0.4 is 16.4 Å². The van der Waals surface area contributed by atoms with Crippen molar-refractivity contribution in [2.75, 3.05) is 17.2 Å². The van der Waals surface area contributed by atoms with Gasteiger partial charge in [-0.2, -0.15) is 15.1 Å². The smallest absolute Gasteiger partial charge is 0.226 e. The van der Waals surface area contributed by atoms with Crippen molar-refractivity contribution in [3.05, 3.63) is 40.5 Å². The summed E-state index contributed by atoms with van der Waals surface area (Å²) in [5.74, 6) is 1.28. The highest BCUT2D eigenvalue weighted by Crippen LogP contribution is 2.24. The predicted octanol–water partition coefficient (Wildman–Crippen LogP) is 3.45. The van der Waals surface area contributed by atoms with Gasteiger partial charge in [-0.15, -0.1) is 0 Å². The molecule has 3 aromatic rings. The fraction of sp³-hybridized carbons (Fsp3) is 0.389. The van der Waals surface area contributed by atoms with Crippen molar-refractivity contribution >= 4 is 38.7 Å². The fourth-order valence-electron chi connectivity index (χ4n) is 2.61. The first-order valence-electron chi connectivity index (χ1n) is 8.46. The Morgan fingerprint density at radius 2 is 2.04 bits per heavy atom. The molecule has 1 unspecified atom stereocenters. The van der Waals surface area contributed by atoms with E-state index in [0.29, 0.717) is 12.5 Å². The number of fused-ring (bicyclic) bond motifs is 1. The van der Waals surface area contributed by atoms with E-state index in [1.165, 1.54) is 0 Å². The first-order valence-corrected chi connectivity index (χ1v) is 9.25. The quantitative estimate of drug-likeness (QED) is 0.588. The highest BCUT2D eigenvalue weighted by molar-refractivity contribution is 9.10. The molecule has 0 aliphatic carbocycles. The third-order valence-electron chi connectivity index (χ3n) is 3.84. The summed E-state index contributed by atoms with van der Waals surface area (Å²) >= 11 is 3.48. The zero-order valence-electron chi connectivity index (χ0n) is 15.4. The molecule has 0 saturated heterocycles. The third kappa shape index (κ3) is 4.31. The molecule has 0 aliphatic heterocycles. The molecular formula is C18H24BrN7. The van der Waals surface area contributed by atoms with E-state index in [1.54, 1.807) is 10.9 Å². The molecule has 0 spiro atoms. The number of rotatable bonds is 5. The van der Waals surface area contributed by atoms with Gasteiger partial charge in [0.15, 0.2) is 5.65 Å². The molecule has 0 amide bonds. The molecule has 0 saturated carbocycles. The van der Waals surface area contributed by atoms with Gasteiger partial charge in [-0.3, -0.25) is 4.68 Å². The standard InChI is InChI=1S/C18H24BrN7/c1-18(2,3)25-15-13-9-22-26(4)16(13)24-17(23-15)21-10-14(20)11-6-5-7-12(19)8-11/h5-9,14H,10,20H2,1-4H3,(H2,21,23,24,25). The monoisotopic (exact) mass is 417 g/mol. The van der Waals surface area contributed by atoms with Crippen LogP contribution >= 0.6 is 15.9 Å². The number of nitrogens with zero attached hydrogens (tertiary/aromatic N) is 4. The number of hydrogen-bond donors (Lipinski definition) is 3. The van der Waals surface area contributed by atoms with Gasteiger partial charge >= 0.3 is 0 Å². The van der Waals surface area contributed by atoms with Gasteiger partial charge in [-0.1, -0.05) is 28.1 Å². The number of aromatic nitrogens is 4. The van der Waals surface area contributed by atoms with Gasteiger partial charge in [0.25, 0.3) is 0 Å². The molecule has 3 rings (SSSR count). The average Bonchev–Trinajstić information content (AvgIpc) is 2.93. The summed E-state index contributed by atoms with van der Waals surface area (Å²) in [4.78, 5) is 9.21. The molecule has 2 aromatic heterocycles. The Kier molecular flexibility index (Phi) is 5.15. The van der Waals surface area contributed by atoms with Crippen molar-refractivity contribution in [2.45, 2.75) is 32.4 Å². The van der Waals surface area contributed by atoms with Crippen LogP contribution in [0.25, 0.3) is 11.0 Å². The summed E-state index contributed by atoms with van der Waals surface area (Å²) in [5.41, 5.74) is 7.99. The highest BCUT2D eigenvalue weighted by atomic mass is 79.9. The first kappa shape index (κ1) is 18.6. The van der Waals surface area contributed by atoms with Crippen LogP contribution in [0.2, 0.25) is 0 Å². The van der Waals surface area contributed by atoms with E-state index in [9.17, 15) is 0 Å². The number of halogens is 1. The molecule has 2 heterocycles. The number of nitrogens with two attached hydrogens (primary N) is 1. The number of benzene rings is 1. The van der Waals surface area contributed by atoms with Gasteiger partial charge in [0.2, 0.25) is 5.95 Å². The predicted molar refractivity (Wildman–Crippen MR) is 109 cm³/mol. The topological polar surface area (TPSA) is 93.7 Å². The van der Waals surface area contributed by atoms with E-state index < -0.39 is 0 Å². The second kappa shape index (κ2) is 7.20. The fourth-order valence-corrected chi connectivity index (χ4v) is 3.02. The van der Waals surface area contributed by atoms with Crippen molar-refractivity contribution in [2.24, 2.45) is 12.8 Å². The Morgan fingerprint density at radius 1 is 1.27 bits per heavy atom. The molecule has 0 radical (unpaired) electrons. The van der Waals surface area contributed by atoms with Crippen LogP contribution in [-0.4, -0.2) is 31.8 Å². The minimum absolute atomic E-state index is 0.124. The van der Waals surface area contributed by atoms with E-state index in [2.05, 4.69) is 62.4 Å². The van der Waals surface area contributed by atoms with Crippen LogP contribution in [0.1, 0.15) is 32.4 Å².